The monoisotopic (exact) mass is 334 g/mol. The third kappa shape index (κ3) is 3.82. The molecule has 1 N–H and O–H groups in total. The second kappa shape index (κ2) is 7.39. The van der Waals surface area contributed by atoms with E-state index in [0.717, 1.165) is 21.9 Å². The van der Waals surface area contributed by atoms with Gasteiger partial charge in [0.1, 0.15) is 5.75 Å². The first kappa shape index (κ1) is 17.0. The maximum Gasteiger partial charge on any atom is 0.345 e. The number of rotatable bonds is 6. The SMILES string of the molecule is CC(C)c1ccccc1O[C@H](Cc1cccc2ccccc12)C(=O)O. The molecule has 25 heavy (non-hydrogen) atoms. The summed E-state index contributed by atoms with van der Waals surface area (Å²) in [5, 5.41) is 11.8. The van der Waals surface area contributed by atoms with Gasteiger partial charge in [0.05, 0.1) is 0 Å². The molecule has 3 heteroatoms. The second-order valence-corrected chi connectivity index (χ2v) is 6.48. The average Bonchev–Trinajstić information content (AvgIpc) is 2.61. The highest BCUT2D eigenvalue weighted by molar-refractivity contribution is 5.86. The van der Waals surface area contributed by atoms with Crippen LogP contribution in [0.2, 0.25) is 0 Å². The van der Waals surface area contributed by atoms with E-state index in [-0.39, 0.29) is 5.92 Å². The van der Waals surface area contributed by atoms with E-state index in [0.29, 0.717) is 12.2 Å². The van der Waals surface area contributed by atoms with Gasteiger partial charge in [0, 0.05) is 6.42 Å². The summed E-state index contributed by atoms with van der Waals surface area (Å²) in [5.41, 5.74) is 2.00. The third-order valence-corrected chi connectivity index (χ3v) is 4.37. The molecule has 3 aromatic carbocycles. The van der Waals surface area contributed by atoms with Gasteiger partial charge in [-0.15, -0.1) is 0 Å². The number of carboxylic acids is 1. The van der Waals surface area contributed by atoms with Gasteiger partial charge in [-0.05, 0) is 33.9 Å². The van der Waals surface area contributed by atoms with Crippen molar-refractivity contribution in [1.82, 2.24) is 0 Å². The zero-order valence-corrected chi connectivity index (χ0v) is 14.5. The highest BCUT2D eigenvalue weighted by Crippen LogP contribution is 2.28. The number of benzene rings is 3. The molecule has 0 aromatic heterocycles. The van der Waals surface area contributed by atoms with Crippen molar-refractivity contribution in [1.29, 1.82) is 0 Å². The number of fused-ring (bicyclic) bond motifs is 1. The van der Waals surface area contributed by atoms with Crippen LogP contribution >= 0.6 is 0 Å². The number of aliphatic carboxylic acids is 1. The van der Waals surface area contributed by atoms with Crippen LogP contribution in [0, 0.1) is 0 Å². The van der Waals surface area contributed by atoms with Crippen molar-refractivity contribution in [2.75, 3.05) is 0 Å². The first-order valence-corrected chi connectivity index (χ1v) is 8.51. The summed E-state index contributed by atoms with van der Waals surface area (Å²) in [4.78, 5) is 11.8. The fourth-order valence-corrected chi connectivity index (χ4v) is 3.07. The van der Waals surface area contributed by atoms with Crippen LogP contribution < -0.4 is 4.74 Å². The molecule has 0 amide bonds. The van der Waals surface area contributed by atoms with Gasteiger partial charge in [-0.1, -0.05) is 74.5 Å². The van der Waals surface area contributed by atoms with Crippen molar-refractivity contribution in [2.45, 2.75) is 32.3 Å². The molecule has 0 unspecified atom stereocenters. The predicted molar refractivity (Wildman–Crippen MR) is 100 cm³/mol. The van der Waals surface area contributed by atoms with Gasteiger partial charge in [0.25, 0.3) is 0 Å². The van der Waals surface area contributed by atoms with Crippen molar-refractivity contribution in [3.8, 4) is 5.75 Å². The maximum atomic E-state index is 11.8. The quantitative estimate of drug-likeness (QED) is 0.687. The average molecular weight is 334 g/mol. The van der Waals surface area contributed by atoms with Crippen LogP contribution in [0.5, 0.6) is 5.75 Å². The van der Waals surface area contributed by atoms with Gasteiger partial charge in [-0.3, -0.25) is 0 Å². The molecule has 0 fully saturated rings. The van der Waals surface area contributed by atoms with Crippen LogP contribution in [-0.4, -0.2) is 17.2 Å². The lowest BCUT2D eigenvalue weighted by Gasteiger charge is -2.20. The van der Waals surface area contributed by atoms with Gasteiger partial charge in [-0.2, -0.15) is 0 Å². The number of hydrogen-bond donors (Lipinski definition) is 1. The molecule has 0 aliphatic heterocycles. The molecule has 128 valence electrons. The van der Waals surface area contributed by atoms with E-state index in [4.69, 9.17) is 4.74 Å². The lowest BCUT2D eigenvalue weighted by Crippen LogP contribution is -2.30. The molecule has 3 aromatic rings. The van der Waals surface area contributed by atoms with Crippen LogP contribution in [0.1, 0.15) is 30.9 Å². The summed E-state index contributed by atoms with van der Waals surface area (Å²) in [6, 6.07) is 21.6. The highest BCUT2D eigenvalue weighted by atomic mass is 16.5. The third-order valence-electron chi connectivity index (χ3n) is 4.37. The molecule has 3 nitrogen and oxygen atoms in total. The number of carbonyl (C=O) groups is 1. The maximum absolute atomic E-state index is 11.8. The molecule has 0 radical (unpaired) electrons. The minimum atomic E-state index is -0.952. The Morgan fingerprint density at radius 2 is 1.64 bits per heavy atom. The summed E-state index contributed by atoms with van der Waals surface area (Å²) < 4.78 is 5.92. The van der Waals surface area contributed by atoms with Crippen LogP contribution in [0.25, 0.3) is 10.8 Å². The summed E-state index contributed by atoms with van der Waals surface area (Å²) in [6.07, 6.45) is -0.603. The molecule has 0 bridgehead atoms. The topological polar surface area (TPSA) is 46.5 Å². The first-order chi connectivity index (χ1) is 12.1. The standard InChI is InChI=1S/C22H22O3/c1-15(2)18-11-5-6-13-20(18)25-21(22(23)24)14-17-10-7-9-16-8-3-4-12-19(16)17/h3-13,15,21H,14H2,1-2H3,(H,23,24)/t21-/m1/s1. The second-order valence-electron chi connectivity index (χ2n) is 6.48. The van der Waals surface area contributed by atoms with Gasteiger partial charge >= 0.3 is 5.97 Å². The minimum Gasteiger partial charge on any atom is -0.478 e. The van der Waals surface area contributed by atoms with E-state index in [1.54, 1.807) is 0 Å². The van der Waals surface area contributed by atoms with E-state index in [9.17, 15) is 9.90 Å². The smallest absolute Gasteiger partial charge is 0.345 e. The van der Waals surface area contributed by atoms with Crippen molar-refractivity contribution in [2.24, 2.45) is 0 Å². The summed E-state index contributed by atoms with van der Waals surface area (Å²) >= 11 is 0. The fraction of sp³-hybridized carbons (Fsp3) is 0.227. The van der Waals surface area contributed by atoms with E-state index >= 15 is 0 Å². The molecule has 0 spiro atoms. The molecule has 0 aliphatic carbocycles. The molecule has 0 saturated heterocycles. The Hall–Kier alpha value is -2.81. The van der Waals surface area contributed by atoms with Gasteiger partial charge in [0.2, 0.25) is 0 Å². The van der Waals surface area contributed by atoms with Crippen LogP contribution in [-0.2, 0) is 11.2 Å². The van der Waals surface area contributed by atoms with Crippen LogP contribution in [0.3, 0.4) is 0 Å². The highest BCUT2D eigenvalue weighted by Gasteiger charge is 2.22. The molecule has 0 heterocycles. The van der Waals surface area contributed by atoms with Gasteiger partial charge in [0.15, 0.2) is 6.10 Å². The Bertz CT molecular complexity index is 878. The number of para-hydroxylation sites is 1. The first-order valence-electron chi connectivity index (χ1n) is 8.51. The van der Waals surface area contributed by atoms with Crippen molar-refractivity contribution < 1.29 is 14.6 Å². The van der Waals surface area contributed by atoms with E-state index in [1.807, 2.05) is 66.7 Å². The summed E-state index contributed by atoms with van der Waals surface area (Å²) in [7, 11) is 0. The molecule has 3 rings (SSSR count). The van der Waals surface area contributed by atoms with E-state index in [2.05, 4.69) is 13.8 Å². The Labute approximate surface area is 147 Å². The molecular formula is C22H22O3. The van der Waals surface area contributed by atoms with Gasteiger partial charge < -0.3 is 9.84 Å². The number of ether oxygens (including phenoxy) is 1. The Morgan fingerprint density at radius 1 is 0.960 bits per heavy atom. The molecular weight excluding hydrogens is 312 g/mol. The van der Waals surface area contributed by atoms with Crippen molar-refractivity contribution in [3.63, 3.8) is 0 Å². The molecule has 1 atom stereocenters. The van der Waals surface area contributed by atoms with Crippen molar-refractivity contribution >= 4 is 16.7 Å². The lowest BCUT2D eigenvalue weighted by molar-refractivity contribution is -0.145. The summed E-state index contributed by atoms with van der Waals surface area (Å²) in [6.45, 7) is 4.14. The molecule has 0 aliphatic rings. The molecule has 0 saturated carbocycles. The minimum absolute atomic E-state index is 0.267. The zero-order valence-electron chi connectivity index (χ0n) is 14.5. The van der Waals surface area contributed by atoms with E-state index < -0.39 is 12.1 Å². The van der Waals surface area contributed by atoms with E-state index in [1.165, 1.54) is 0 Å². The van der Waals surface area contributed by atoms with Crippen molar-refractivity contribution in [3.05, 3.63) is 77.9 Å². The van der Waals surface area contributed by atoms with Crippen LogP contribution in [0.15, 0.2) is 66.7 Å². The summed E-state index contributed by atoms with van der Waals surface area (Å²) in [5.74, 6) is -0.0418. The Kier molecular flexibility index (Phi) is 5.03. The normalized spacial score (nSPS) is 12.3. The Balaban J connectivity index is 1.91. The predicted octanol–water partition coefficient (Wildman–Crippen LogP) is 5.04. The van der Waals surface area contributed by atoms with Crippen LogP contribution in [0.4, 0.5) is 0 Å². The zero-order chi connectivity index (χ0) is 17.8. The lowest BCUT2D eigenvalue weighted by atomic mass is 9.99. The number of carboxylic acid groups (broad SMARTS) is 1. The number of hydrogen-bond acceptors (Lipinski definition) is 2. The van der Waals surface area contributed by atoms with Gasteiger partial charge in [-0.25, -0.2) is 4.79 Å². The largest absolute Gasteiger partial charge is 0.478 e. The fourth-order valence-electron chi connectivity index (χ4n) is 3.07. The Morgan fingerprint density at radius 3 is 2.40 bits per heavy atom.